The Labute approximate surface area is 77.7 Å². The Hall–Kier alpha value is -1.62. The number of thiophene rings is 1. The van der Waals surface area contributed by atoms with Crippen LogP contribution in [0.3, 0.4) is 0 Å². The molecule has 0 unspecified atom stereocenters. The molecule has 0 atom stereocenters. The number of fused-ring (bicyclic) bond motifs is 1. The maximum atomic E-state index is 10.6. The standard InChI is InChI=1S/C8H6N2O2S/c9-5-4-13-7-3-1-2-6(8(5)7)10(11)12/h1-4H,9H2. The van der Waals surface area contributed by atoms with E-state index < -0.39 is 4.92 Å². The Kier molecular flexibility index (Phi) is 1.66. The summed E-state index contributed by atoms with van der Waals surface area (Å²) in [6.45, 7) is 0. The number of hydrogen-bond donors (Lipinski definition) is 1. The lowest BCUT2D eigenvalue weighted by molar-refractivity contribution is -0.383. The fraction of sp³-hybridized carbons (Fsp3) is 0. The van der Waals surface area contributed by atoms with E-state index in [1.165, 1.54) is 17.4 Å². The van der Waals surface area contributed by atoms with Crippen LogP contribution in [0, 0.1) is 10.1 Å². The molecule has 0 radical (unpaired) electrons. The number of nitrogen functional groups attached to an aromatic ring is 1. The molecule has 0 bridgehead atoms. The summed E-state index contributed by atoms with van der Waals surface area (Å²) < 4.78 is 0.853. The van der Waals surface area contributed by atoms with Crippen LogP contribution < -0.4 is 5.73 Å². The third-order valence-corrected chi connectivity index (χ3v) is 2.77. The predicted octanol–water partition coefficient (Wildman–Crippen LogP) is 2.39. The van der Waals surface area contributed by atoms with Crippen molar-refractivity contribution < 1.29 is 4.92 Å². The van der Waals surface area contributed by atoms with Gasteiger partial charge in [0.15, 0.2) is 0 Å². The van der Waals surface area contributed by atoms with Crippen molar-refractivity contribution >= 4 is 32.8 Å². The van der Waals surface area contributed by atoms with Gasteiger partial charge in [-0.3, -0.25) is 10.1 Å². The number of nitrogens with zero attached hydrogens (tertiary/aromatic N) is 1. The van der Waals surface area contributed by atoms with Gasteiger partial charge in [0.2, 0.25) is 0 Å². The van der Waals surface area contributed by atoms with Crippen molar-refractivity contribution in [3.05, 3.63) is 33.7 Å². The number of benzene rings is 1. The highest BCUT2D eigenvalue weighted by Crippen LogP contribution is 2.34. The second-order valence-corrected chi connectivity index (χ2v) is 3.51. The average molecular weight is 194 g/mol. The minimum absolute atomic E-state index is 0.0799. The van der Waals surface area contributed by atoms with E-state index in [0.717, 1.165) is 4.70 Å². The second-order valence-electron chi connectivity index (χ2n) is 2.60. The molecule has 0 saturated carbocycles. The van der Waals surface area contributed by atoms with Crippen molar-refractivity contribution in [2.75, 3.05) is 5.73 Å². The molecule has 13 heavy (non-hydrogen) atoms. The van der Waals surface area contributed by atoms with Gasteiger partial charge in [-0.2, -0.15) is 0 Å². The summed E-state index contributed by atoms with van der Waals surface area (Å²) in [5.41, 5.74) is 6.18. The Balaban J connectivity index is 2.88. The van der Waals surface area contributed by atoms with Gasteiger partial charge >= 0.3 is 0 Å². The molecule has 1 aromatic heterocycles. The van der Waals surface area contributed by atoms with Crippen molar-refractivity contribution in [3.63, 3.8) is 0 Å². The van der Waals surface area contributed by atoms with Crippen LogP contribution in [0.1, 0.15) is 0 Å². The number of nitro groups is 1. The Morgan fingerprint density at radius 3 is 2.92 bits per heavy atom. The van der Waals surface area contributed by atoms with Crippen molar-refractivity contribution in [1.82, 2.24) is 0 Å². The van der Waals surface area contributed by atoms with Gasteiger partial charge in [-0.1, -0.05) is 6.07 Å². The van der Waals surface area contributed by atoms with Gasteiger partial charge in [0.1, 0.15) is 0 Å². The maximum absolute atomic E-state index is 10.6. The molecule has 4 nitrogen and oxygen atoms in total. The lowest BCUT2D eigenvalue weighted by Crippen LogP contribution is -1.90. The van der Waals surface area contributed by atoms with Gasteiger partial charge in [0.25, 0.3) is 5.69 Å². The van der Waals surface area contributed by atoms with E-state index in [-0.39, 0.29) is 5.69 Å². The smallest absolute Gasteiger partial charge is 0.280 e. The molecule has 0 saturated heterocycles. The number of nitro benzene ring substituents is 1. The van der Waals surface area contributed by atoms with Crippen molar-refractivity contribution in [1.29, 1.82) is 0 Å². The van der Waals surface area contributed by atoms with Crippen LogP contribution >= 0.6 is 11.3 Å². The first-order valence-electron chi connectivity index (χ1n) is 3.60. The molecular weight excluding hydrogens is 188 g/mol. The largest absolute Gasteiger partial charge is 0.397 e. The summed E-state index contributed by atoms with van der Waals surface area (Å²) >= 11 is 1.42. The second kappa shape index (κ2) is 2.70. The molecule has 2 rings (SSSR count). The summed E-state index contributed by atoms with van der Waals surface area (Å²) in [6, 6.07) is 4.95. The van der Waals surface area contributed by atoms with Crippen LogP contribution in [0.2, 0.25) is 0 Å². The van der Waals surface area contributed by atoms with E-state index >= 15 is 0 Å². The zero-order chi connectivity index (χ0) is 9.42. The summed E-state index contributed by atoms with van der Waals surface area (Å²) in [4.78, 5) is 10.2. The lowest BCUT2D eigenvalue weighted by Gasteiger charge is -1.94. The molecule has 0 fully saturated rings. The molecule has 1 heterocycles. The molecule has 0 aliphatic carbocycles. The summed E-state index contributed by atoms with van der Waals surface area (Å²) in [5, 5.41) is 12.9. The van der Waals surface area contributed by atoms with E-state index in [0.29, 0.717) is 11.1 Å². The highest BCUT2D eigenvalue weighted by atomic mass is 32.1. The van der Waals surface area contributed by atoms with E-state index in [1.807, 2.05) is 6.07 Å². The van der Waals surface area contributed by atoms with Gasteiger partial charge in [0.05, 0.1) is 16.0 Å². The molecule has 0 aliphatic rings. The van der Waals surface area contributed by atoms with Gasteiger partial charge in [-0.05, 0) is 6.07 Å². The highest BCUT2D eigenvalue weighted by molar-refractivity contribution is 7.17. The van der Waals surface area contributed by atoms with Gasteiger partial charge < -0.3 is 5.73 Å². The molecule has 5 heteroatoms. The highest BCUT2D eigenvalue weighted by Gasteiger charge is 2.14. The number of rotatable bonds is 1. The Morgan fingerprint density at radius 2 is 2.23 bits per heavy atom. The summed E-state index contributed by atoms with van der Waals surface area (Å²) in [5.74, 6) is 0. The molecule has 66 valence electrons. The minimum Gasteiger partial charge on any atom is -0.397 e. The van der Waals surface area contributed by atoms with E-state index in [4.69, 9.17) is 5.73 Å². The van der Waals surface area contributed by atoms with Crippen LogP contribution in [-0.4, -0.2) is 4.92 Å². The van der Waals surface area contributed by atoms with E-state index in [9.17, 15) is 10.1 Å². The third-order valence-electron chi connectivity index (χ3n) is 1.80. The van der Waals surface area contributed by atoms with Gasteiger partial charge in [0, 0.05) is 16.1 Å². The first-order valence-corrected chi connectivity index (χ1v) is 4.48. The number of nitrogens with two attached hydrogens (primary N) is 1. The van der Waals surface area contributed by atoms with Crippen LogP contribution in [0.25, 0.3) is 10.1 Å². The summed E-state index contributed by atoms with van der Waals surface area (Å²) in [6.07, 6.45) is 0. The van der Waals surface area contributed by atoms with Crippen molar-refractivity contribution in [3.8, 4) is 0 Å². The Bertz CT molecular complexity index is 478. The van der Waals surface area contributed by atoms with Crippen LogP contribution in [0.15, 0.2) is 23.6 Å². The molecular formula is C8H6N2O2S. The van der Waals surface area contributed by atoms with E-state index in [2.05, 4.69) is 0 Å². The molecule has 0 aliphatic heterocycles. The van der Waals surface area contributed by atoms with Gasteiger partial charge in [-0.25, -0.2) is 0 Å². The fourth-order valence-electron chi connectivity index (χ4n) is 1.25. The first-order chi connectivity index (χ1) is 6.20. The Morgan fingerprint density at radius 1 is 1.46 bits per heavy atom. The SMILES string of the molecule is Nc1csc2cccc([N+](=O)[O-])c12. The van der Waals surface area contributed by atoms with Crippen molar-refractivity contribution in [2.24, 2.45) is 0 Å². The molecule has 1 aromatic carbocycles. The zero-order valence-electron chi connectivity index (χ0n) is 6.56. The predicted molar refractivity (Wildman–Crippen MR) is 52.9 cm³/mol. The van der Waals surface area contributed by atoms with Crippen molar-refractivity contribution in [2.45, 2.75) is 0 Å². The quantitative estimate of drug-likeness (QED) is 0.559. The van der Waals surface area contributed by atoms with Crippen LogP contribution in [0.4, 0.5) is 11.4 Å². The molecule has 2 N–H and O–H groups in total. The number of anilines is 1. The third kappa shape index (κ3) is 1.13. The lowest BCUT2D eigenvalue weighted by atomic mass is 10.2. The maximum Gasteiger partial charge on any atom is 0.280 e. The normalized spacial score (nSPS) is 10.5. The average Bonchev–Trinajstić information content (AvgIpc) is 2.48. The van der Waals surface area contributed by atoms with E-state index in [1.54, 1.807) is 11.4 Å². The van der Waals surface area contributed by atoms with Crippen LogP contribution in [-0.2, 0) is 0 Å². The minimum atomic E-state index is -0.411. The van der Waals surface area contributed by atoms with Gasteiger partial charge in [-0.15, -0.1) is 11.3 Å². The first kappa shape index (κ1) is 8.00. The van der Waals surface area contributed by atoms with Crippen LogP contribution in [0.5, 0.6) is 0 Å². The molecule has 2 aromatic rings. The molecule has 0 amide bonds. The number of non-ortho nitro benzene ring substituents is 1. The zero-order valence-corrected chi connectivity index (χ0v) is 7.38. The molecule has 0 spiro atoms. The fourth-order valence-corrected chi connectivity index (χ4v) is 2.12. The monoisotopic (exact) mass is 194 g/mol. The number of hydrogen-bond acceptors (Lipinski definition) is 4. The topological polar surface area (TPSA) is 69.2 Å². The summed E-state index contributed by atoms with van der Waals surface area (Å²) in [7, 11) is 0.